The third-order valence-corrected chi connectivity index (χ3v) is 5.01. The van der Waals surface area contributed by atoms with Gasteiger partial charge in [0.25, 0.3) is 0 Å². The fourth-order valence-corrected chi connectivity index (χ4v) is 2.66. The molecule has 0 radical (unpaired) electrons. The molecule has 1 saturated heterocycles. The van der Waals surface area contributed by atoms with Crippen LogP contribution in [0.25, 0.3) is 0 Å². The topological polar surface area (TPSA) is 55.4 Å². The molecule has 6 nitrogen and oxygen atoms in total. The van der Waals surface area contributed by atoms with Crippen LogP contribution in [0.2, 0.25) is 0 Å². The molecule has 1 heterocycles. The lowest BCUT2D eigenvalue weighted by atomic mass is 10.1. The summed E-state index contributed by atoms with van der Waals surface area (Å²) in [5.74, 6) is -34.1. The third-order valence-electron chi connectivity index (χ3n) is 5.01. The van der Waals surface area contributed by atoms with Crippen molar-refractivity contribution in [2.75, 3.05) is 0 Å². The minimum absolute atomic E-state index is 1.04. The Hall–Kier alpha value is -2.76. The zero-order chi connectivity index (χ0) is 42.4. The van der Waals surface area contributed by atoms with Gasteiger partial charge in [-0.05, 0) is 0 Å². The summed E-state index contributed by atoms with van der Waals surface area (Å²) in [6, 6.07) is -21.9. The molecule has 0 spiro atoms. The van der Waals surface area contributed by atoms with E-state index in [0.29, 0.717) is 0 Å². The van der Waals surface area contributed by atoms with E-state index in [-0.39, 0.29) is 0 Å². The molecular formula is C16F30O6. The predicted molar refractivity (Wildman–Crippen MR) is 85.0 cm³/mol. The predicted octanol–water partition coefficient (Wildman–Crippen LogP) is 9.63. The van der Waals surface area contributed by atoms with Crippen LogP contribution in [0.5, 0.6) is 0 Å². The van der Waals surface area contributed by atoms with Crippen LogP contribution in [0.4, 0.5) is 132 Å². The highest BCUT2D eigenvalue weighted by Crippen LogP contribution is 2.64. The zero-order valence-electron chi connectivity index (χ0n) is 21.8. The number of halogens is 30. The summed E-state index contributed by atoms with van der Waals surface area (Å²) < 4.78 is 410. The fraction of sp³-hybridized carbons (Fsp3) is 0.875. The van der Waals surface area contributed by atoms with E-state index in [1.807, 2.05) is 0 Å². The zero-order valence-corrected chi connectivity index (χ0v) is 21.8. The number of ether oxygens (including phenoxy) is 6. The van der Waals surface area contributed by atoms with Gasteiger partial charge in [0.1, 0.15) is 0 Å². The van der Waals surface area contributed by atoms with Crippen LogP contribution >= 0.6 is 0 Å². The van der Waals surface area contributed by atoms with E-state index in [1.54, 1.807) is 4.74 Å². The highest BCUT2D eigenvalue weighted by molar-refractivity contribution is 5.03. The molecule has 0 saturated carbocycles. The summed E-state index contributed by atoms with van der Waals surface area (Å²) in [4.78, 5) is 0. The molecule has 1 aliphatic rings. The fourth-order valence-electron chi connectivity index (χ4n) is 2.66. The van der Waals surface area contributed by atoms with Crippen LogP contribution in [0, 0.1) is 0 Å². The molecule has 0 aromatic rings. The Kier molecular flexibility index (Phi) is 11.3. The van der Waals surface area contributed by atoms with Gasteiger partial charge in [0.05, 0.1) is 0 Å². The molecule has 0 aliphatic carbocycles. The van der Waals surface area contributed by atoms with E-state index in [0.717, 1.165) is 9.47 Å². The Morgan fingerprint density at radius 3 is 1.13 bits per heavy atom. The van der Waals surface area contributed by atoms with Crippen LogP contribution in [-0.4, -0.2) is 84.7 Å². The summed E-state index contributed by atoms with van der Waals surface area (Å²) in [5, 5.41) is 0. The summed E-state index contributed by atoms with van der Waals surface area (Å²) in [5.41, 5.74) is 0. The minimum atomic E-state index is -9.17. The quantitative estimate of drug-likeness (QED) is 0.124. The average Bonchev–Trinajstić information content (AvgIpc) is 2.83. The number of rotatable bonds is 10. The van der Waals surface area contributed by atoms with Crippen molar-refractivity contribution in [2.45, 2.75) is 84.7 Å². The molecule has 1 aliphatic heterocycles. The van der Waals surface area contributed by atoms with E-state index in [4.69, 9.17) is 0 Å². The van der Waals surface area contributed by atoms with Crippen molar-refractivity contribution in [3.05, 3.63) is 12.1 Å². The van der Waals surface area contributed by atoms with E-state index in [1.165, 1.54) is 14.2 Å². The maximum atomic E-state index is 14.8. The molecule has 6 unspecified atom stereocenters. The molecule has 0 N–H and O–H groups in total. The largest absolute Gasteiger partial charge is 0.478 e. The molecule has 1 rings (SSSR count). The van der Waals surface area contributed by atoms with Gasteiger partial charge in [0, 0.05) is 0 Å². The van der Waals surface area contributed by atoms with Crippen molar-refractivity contribution in [1.82, 2.24) is 0 Å². The van der Waals surface area contributed by atoms with Crippen LogP contribution in [0.15, 0.2) is 12.1 Å². The smallest absolute Gasteiger partial charge is 0.398 e. The number of hydrogen-bond donors (Lipinski definition) is 0. The molecule has 6 atom stereocenters. The van der Waals surface area contributed by atoms with Gasteiger partial charge >= 0.3 is 96.8 Å². The Balaban J connectivity index is 4.19. The van der Waals surface area contributed by atoms with E-state index in [9.17, 15) is 132 Å². The van der Waals surface area contributed by atoms with E-state index >= 15 is 0 Å². The molecule has 1 fully saturated rings. The lowest BCUT2D eigenvalue weighted by Crippen LogP contribution is -2.79. The standard InChI is InChI=1S/C16F30O6/c17-1(18)2(19)47-12(39,40)3(20,7(24,25)26)51-16(46,11(36,37)38)52-14(43,44)5(22,9(30,31)32)50-15(45)6(23,10(33,34)35)48-13(41,42)4(21,49-15)8(27,28)29. The highest BCUT2D eigenvalue weighted by Gasteiger charge is 2.94. The average molecular weight is 858 g/mol. The second-order valence-corrected chi connectivity index (χ2v) is 8.64. The maximum absolute atomic E-state index is 14.8. The molecule has 310 valence electrons. The Bertz CT molecular complexity index is 1340. The van der Waals surface area contributed by atoms with Crippen molar-refractivity contribution < 1.29 is 160 Å². The molecule has 36 heteroatoms. The van der Waals surface area contributed by atoms with Gasteiger partial charge in [-0.3, -0.25) is 18.9 Å². The first kappa shape index (κ1) is 47.3. The molecule has 0 amide bonds. The van der Waals surface area contributed by atoms with Gasteiger partial charge in [-0.1, -0.05) is 0 Å². The monoisotopic (exact) mass is 858 g/mol. The van der Waals surface area contributed by atoms with Crippen LogP contribution in [-0.2, 0) is 28.4 Å². The van der Waals surface area contributed by atoms with Crippen LogP contribution < -0.4 is 0 Å². The second kappa shape index (κ2) is 12.4. The van der Waals surface area contributed by atoms with Gasteiger partial charge in [0.15, 0.2) is 0 Å². The van der Waals surface area contributed by atoms with Crippen molar-refractivity contribution in [3.63, 3.8) is 0 Å². The summed E-state index contributed by atoms with van der Waals surface area (Å²) in [7, 11) is 0. The van der Waals surface area contributed by atoms with Gasteiger partial charge in [-0.15, -0.1) is 0 Å². The van der Waals surface area contributed by atoms with E-state index in [2.05, 4.69) is 0 Å². The highest BCUT2D eigenvalue weighted by atomic mass is 19.4. The number of alkyl halides is 27. The SMILES string of the molecule is FC(F)=C(F)OC(F)(F)C(F)(OC(F)(OC(F)(F)C(F)(OC1(F)OC(F)(C(F)(F)F)C(F)(F)OC1(F)C(F)(F)F)C(F)(F)F)C(F)(F)F)C(F)(F)F. The van der Waals surface area contributed by atoms with Crippen molar-refractivity contribution in [1.29, 1.82) is 0 Å². The summed E-state index contributed by atoms with van der Waals surface area (Å²) >= 11 is 0. The molecule has 52 heavy (non-hydrogen) atoms. The summed E-state index contributed by atoms with van der Waals surface area (Å²) in [6.07, 6.45) is -71.9. The van der Waals surface area contributed by atoms with Crippen LogP contribution in [0.1, 0.15) is 0 Å². The first-order valence-corrected chi connectivity index (χ1v) is 10.6. The first-order valence-electron chi connectivity index (χ1n) is 10.6. The lowest BCUT2D eigenvalue weighted by molar-refractivity contribution is -0.662. The van der Waals surface area contributed by atoms with Gasteiger partial charge in [-0.25, -0.2) is 4.74 Å². The Morgan fingerprint density at radius 2 is 0.827 bits per heavy atom. The summed E-state index contributed by atoms with van der Waals surface area (Å²) in [6.45, 7) is 0. The first-order chi connectivity index (χ1) is 22.1. The van der Waals surface area contributed by atoms with Crippen molar-refractivity contribution >= 4 is 0 Å². The molecule has 0 bridgehead atoms. The molecule has 0 aromatic carbocycles. The van der Waals surface area contributed by atoms with Gasteiger partial charge in [0.2, 0.25) is 0 Å². The van der Waals surface area contributed by atoms with Gasteiger partial charge in [-0.2, -0.15) is 132 Å². The normalized spacial score (nSPS) is 29.1. The Morgan fingerprint density at radius 1 is 0.442 bits per heavy atom. The molecule has 0 aromatic heterocycles. The number of hydrogen-bond acceptors (Lipinski definition) is 6. The van der Waals surface area contributed by atoms with Crippen LogP contribution in [0.3, 0.4) is 0 Å². The van der Waals surface area contributed by atoms with Gasteiger partial charge < -0.3 is 4.74 Å². The molecular weight excluding hydrogens is 858 g/mol. The third kappa shape index (κ3) is 7.35. The maximum Gasteiger partial charge on any atom is 0.478 e. The van der Waals surface area contributed by atoms with Crippen molar-refractivity contribution in [3.8, 4) is 0 Å². The van der Waals surface area contributed by atoms with Crippen molar-refractivity contribution in [2.24, 2.45) is 0 Å². The minimum Gasteiger partial charge on any atom is -0.398 e. The Labute approximate surface area is 258 Å². The second-order valence-electron chi connectivity index (χ2n) is 8.64. The van der Waals surface area contributed by atoms with E-state index < -0.39 is 96.8 Å². The lowest BCUT2D eigenvalue weighted by Gasteiger charge is -2.51.